The van der Waals surface area contributed by atoms with Gasteiger partial charge in [-0.3, -0.25) is 4.79 Å². The van der Waals surface area contributed by atoms with Gasteiger partial charge < -0.3 is 19.5 Å². The van der Waals surface area contributed by atoms with Crippen LogP contribution in [0.25, 0.3) is 0 Å². The number of carbonyl (C=O) groups is 2. The minimum Gasteiger partial charge on any atom is -0.485 e. The second-order valence-corrected chi connectivity index (χ2v) is 9.42. The van der Waals surface area contributed by atoms with E-state index in [0.717, 1.165) is 26.2 Å². The fraction of sp³-hybridized carbons (Fsp3) is 0.321. The molecule has 0 spiro atoms. The zero-order valence-corrected chi connectivity index (χ0v) is 21.6. The number of nitrogens with one attached hydrogen (secondary N) is 1. The minimum absolute atomic E-state index is 0.0295. The fourth-order valence-electron chi connectivity index (χ4n) is 4.65. The van der Waals surface area contributed by atoms with E-state index in [1.165, 1.54) is 25.3 Å². The Morgan fingerprint density at radius 3 is 2.45 bits per heavy atom. The first kappa shape index (κ1) is 28.9. The first-order valence-electron chi connectivity index (χ1n) is 12.1. The number of pyridine rings is 1. The maximum atomic E-state index is 15.1. The quantitative estimate of drug-likeness (QED) is 0.288. The van der Waals surface area contributed by atoms with E-state index >= 15 is 4.39 Å². The summed E-state index contributed by atoms with van der Waals surface area (Å²) in [5.41, 5.74) is -2.52. The Kier molecular flexibility index (Phi) is 8.10. The van der Waals surface area contributed by atoms with Crippen LogP contribution in [-0.2, 0) is 20.9 Å². The molecule has 0 unspecified atom stereocenters. The number of ether oxygens (including phenoxy) is 3. The van der Waals surface area contributed by atoms with E-state index < -0.39 is 59.0 Å². The average molecular weight is 565 g/mol. The van der Waals surface area contributed by atoms with Crippen LogP contribution in [0, 0.1) is 17.6 Å². The van der Waals surface area contributed by atoms with Crippen LogP contribution in [0.4, 0.5) is 27.6 Å². The number of carbonyl (C=O) groups excluding carboxylic acids is 2. The molecule has 12 heteroatoms. The summed E-state index contributed by atoms with van der Waals surface area (Å²) in [7, 11) is 1.13. The summed E-state index contributed by atoms with van der Waals surface area (Å²) in [6, 6.07) is 12.8. The van der Waals surface area contributed by atoms with Crippen molar-refractivity contribution in [2.45, 2.75) is 44.3 Å². The van der Waals surface area contributed by atoms with Crippen LogP contribution >= 0.6 is 0 Å². The van der Waals surface area contributed by atoms with Gasteiger partial charge in [-0.2, -0.15) is 17.6 Å². The van der Waals surface area contributed by atoms with Gasteiger partial charge in [0.2, 0.25) is 5.82 Å². The number of halogens is 5. The molecule has 1 aliphatic rings. The molecule has 7 nitrogen and oxygen atoms in total. The van der Waals surface area contributed by atoms with Crippen LogP contribution < -0.4 is 10.1 Å². The molecule has 1 saturated heterocycles. The van der Waals surface area contributed by atoms with E-state index in [2.05, 4.69) is 15.0 Å². The van der Waals surface area contributed by atoms with Gasteiger partial charge in [-0.25, -0.2) is 14.2 Å². The summed E-state index contributed by atoms with van der Waals surface area (Å²) in [5, 5.41) is 2.43. The van der Waals surface area contributed by atoms with Crippen LogP contribution in [0.1, 0.15) is 41.4 Å². The van der Waals surface area contributed by atoms with Crippen LogP contribution in [0.3, 0.4) is 0 Å². The summed E-state index contributed by atoms with van der Waals surface area (Å²) in [5.74, 6) is -7.95. The smallest absolute Gasteiger partial charge is 0.417 e. The molecular weight excluding hydrogens is 539 g/mol. The van der Waals surface area contributed by atoms with E-state index in [0.29, 0.717) is 5.56 Å². The molecule has 40 heavy (non-hydrogen) atoms. The number of aromatic nitrogens is 1. The summed E-state index contributed by atoms with van der Waals surface area (Å²) in [4.78, 5) is 29.0. The van der Waals surface area contributed by atoms with Gasteiger partial charge in [-0.1, -0.05) is 43.3 Å². The van der Waals surface area contributed by atoms with Crippen molar-refractivity contribution < 1.29 is 45.8 Å². The molecule has 1 N–H and O–H groups in total. The highest BCUT2D eigenvalue weighted by Gasteiger charge is 2.66. The number of amides is 1. The van der Waals surface area contributed by atoms with Crippen LogP contribution in [0.15, 0.2) is 60.8 Å². The summed E-state index contributed by atoms with van der Waals surface area (Å²) < 4.78 is 87.8. The van der Waals surface area contributed by atoms with Gasteiger partial charge in [0.05, 0.1) is 7.11 Å². The summed E-state index contributed by atoms with van der Waals surface area (Å²) >= 11 is 0. The van der Waals surface area contributed by atoms with E-state index in [1.54, 1.807) is 30.3 Å². The Hall–Kier alpha value is -4.06. The fourth-order valence-corrected chi connectivity index (χ4v) is 4.65. The average Bonchev–Trinajstić information content (AvgIpc) is 3.21. The number of rotatable bonds is 7. The Labute approximate surface area is 226 Å². The molecule has 1 aliphatic heterocycles. The predicted octanol–water partition coefficient (Wildman–Crippen LogP) is 5.80. The van der Waals surface area contributed by atoms with E-state index in [1.807, 2.05) is 0 Å². The zero-order chi connectivity index (χ0) is 29.2. The molecular formula is C28H25F5N2O5. The SMILES string of the molecule is COC(=O)c1cc(NC(=O)[C@H]2O[C@@](C)(C(F)(F)F)[C@@H](C)[C@H]2c2ccc(F)c(F)c2OCc2ccccc2)ccn1. The molecule has 1 amide bonds. The standard InChI is InChI=1S/C28H25F5N2O5/c1-15-21(18-9-10-19(29)22(30)23(18)39-14-16-7-5-4-6-8-16)24(40-27(15,2)28(31,32)33)25(36)35-17-11-12-34-20(13-17)26(37)38-3/h4-13,15,21,24H,14H2,1-3H3,(H,34,35,36)/t15-,21-,24-,27+/m0/s1. The second-order valence-electron chi connectivity index (χ2n) is 9.42. The lowest BCUT2D eigenvalue weighted by Gasteiger charge is -2.32. The molecule has 0 radical (unpaired) electrons. The topological polar surface area (TPSA) is 86.8 Å². The van der Waals surface area contributed by atoms with E-state index in [-0.39, 0.29) is 23.6 Å². The Balaban J connectivity index is 1.75. The largest absolute Gasteiger partial charge is 0.485 e. The van der Waals surface area contributed by atoms with Crippen LogP contribution in [0.2, 0.25) is 0 Å². The van der Waals surface area contributed by atoms with E-state index in [4.69, 9.17) is 9.47 Å². The lowest BCUT2D eigenvalue weighted by molar-refractivity contribution is -0.272. The number of esters is 1. The Bertz CT molecular complexity index is 1400. The van der Waals surface area contributed by atoms with Crippen molar-refractivity contribution in [3.05, 3.63) is 89.2 Å². The molecule has 1 aromatic heterocycles. The molecule has 2 aromatic carbocycles. The number of nitrogens with zero attached hydrogens (tertiary/aromatic N) is 1. The predicted molar refractivity (Wildman–Crippen MR) is 133 cm³/mol. The van der Waals surface area contributed by atoms with Gasteiger partial charge in [0.1, 0.15) is 18.4 Å². The maximum absolute atomic E-state index is 15.1. The molecule has 4 atom stereocenters. The van der Waals surface area contributed by atoms with Crippen LogP contribution in [0.5, 0.6) is 5.75 Å². The highest BCUT2D eigenvalue weighted by molar-refractivity contribution is 5.96. The second kappa shape index (κ2) is 11.2. The van der Waals surface area contributed by atoms with Crippen molar-refractivity contribution in [3.63, 3.8) is 0 Å². The molecule has 0 aliphatic carbocycles. The Morgan fingerprint density at radius 2 is 1.80 bits per heavy atom. The van der Waals surface area contributed by atoms with Crippen molar-refractivity contribution >= 4 is 17.6 Å². The zero-order valence-electron chi connectivity index (χ0n) is 21.6. The van der Waals surface area contributed by atoms with Crippen molar-refractivity contribution in [1.82, 2.24) is 4.98 Å². The van der Waals surface area contributed by atoms with Crippen molar-refractivity contribution in [2.24, 2.45) is 5.92 Å². The van der Waals surface area contributed by atoms with E-state index in [9.17, 15) is 27.2 Å². The van der Waals surface area contributed by atoms with Gasteiger partial charge >= 0.3 is 12.1 Å². The molecule has 1 fully saturated rings. The normalized spacial score (nSPS) is 22.6. The highest BCUT2D eigenvalue weighted by atomic mass is 19.4. The van der Waals surface area contributed by atoms with Crippen molar-refractivity contribution in [3.8, 4) is 5.75 Å². The third-order valence-electron chi connectivity index (χ3n) is 7.01. The monoisotopic (exact) mass is 564 g/mol. The maximum Gasteiger partial charge on any atom is 0.417 e. The van der Waals surface area contributed by atoms with Gasteiger partial charge in [-0.05, 0) is 30.7 Å². The molecule has 4 rings (SSSR count). The molecule has 0 bridgehead atoms. The highest BCUT2D eigenvalue weighted by Crippen LogP contribution is 2.55. The Morgan fingerprint density at radius 1 is 1.10 bits per heavy atom. The first-order chi connectivity index (χ1) is 18.9. The minimum atomic E-state index is -4.92. The number of benzene rings is 2. The van der Waals surface area contributed by atoms with Gasteiger partial charge in [0, 0.05) is 29.3 Å². The van der Waals surface area contributed by atoms with Crippen molar-refractivity contribution in [1.29, 1.82) is 0 Å². The summed E-state index contributed by atoms with van der Waals surface area (Å²) in [6.45, 7) is 1.80. The molecule has 212 valence electrons. The first-order valence-corrected chi connectivity index (χ1v) is 12.1. The third kappa shape index (κ3) is 5.48. The summed E-state index contributed by atoms with van der Waals surface area (Å²) in [6.07, 6.45) is -5.53. The molecule has 3 aromatic rings. The van der Waals surface area contributed by atoms with Gasteiger partial charge in [0.25, 0.3) is 5.91 Å². The number of alkyl halides is 3. The third-order valence-corrected chi connectivity index (χ3v) is 7.01. The lowest BCUT2D eigenvalue weighted by Crippen LogP contribution is -2.47. The molecule has 2 heterocycles. The number of anilines is 1. The number of hydrogen-bond acceptors (Lipinski definition) is 6. The number of hydrogen-bond donors (Lipinski definition) is 1. The molecule has 0 saturated carbocycles. The lowest BCUT2D eigenvalue weighted by atomic mass is 9.77. The van der Waals surface area contributed by atoms with Gasteiger partial charge in [0.15, 0.2) is 17.2 Å². The van der Waals surface area contributed by atoms with Crippen molar-refractivity contribution in [2.75, 3.05) is 12.4 Å². The van der Waals surface area contributed by atoms with Crippen LogP contribution in [-0.4, -0.2) is 41.9 Å². The number of methoxy groups -OCH3 is 1. The van der Waals surface area contributed by atoms with Gasteiger partial charge in [-0.15, -0.1) is 0 Å².